The monoisotopic (exact) mass is 209 g/mol. The lowest BCUT2D eigenvalue weighted by Crippen LogP contribution is -2.38. The summed E-state index contributed by atoms with van der Waals surface area (Å²) in [6.07, 6.45) is 0.415. The Labute approximate surface area is 88.7 Å². The van der Waals surface area contributed by atoms with Crippen LogP contribution in [0.4, 0.5) is 0 Å². The van der Waals surface area contributed by atoms with Crippen LogP contribution in [0.5, 0.6) is 0 Å². The first-order valence-corrected chi connectivity index (χ1v) is 4.94. The van der Waals surface area contributed by atoms with Crippen molar-refractivity contribution in [2.45, 2.75) is 33.2 Å². The van der Waals surface area contributed by atoms with Crippen LogP contribution in [0.2, 0.25) is 0 Å². The van der Waals surface area contributed by atoms with E-state index in [4.69, 9.17) is 4.42 Å². The number of nitrogens with one attached hydrogen (secondary N) is 1. The predicted octanol–water partition coefficient (Wildman–Crippen LogP) is 1.69. The second kappa shape index (κ2) is 4.77. The van der Waals surface area contributed by atoms with Gasteiger partial charge in [-0.3, -0.25) is 9.59 Å². The summed E-state index contributed by atoms with van der Waals surface area (Å²) in [7, 11) is 0. The summed E-state index contributed by atoms with van der Waals surface area (Å²) in [5, 5.41) is 2.58. The summed E-state index contributed by atoms with van der Waals surface area (Å²) in [5.41, 5.74) is 0. The molecule has 1 aromatic heterocycles. The molecule has 1 aromatic rings. The van der Waals surface area contributed by atoms with E-state index < -0.39 is 6.04 Å². The number of hydrogen-bond donors (Lipinski definition) is 1. The molecule has 0 aliphatic carbocycles. The number of rotatable bonds is 4. The smallest absolute Gasteiger partial charge is 0.287 e. The van der Waals surface area contributed by atoms with E-state index in [-0.39, 0.29) is 17.5 Å². The Morgan fingerprint density at radius 2 is 2.13 bits per heavy atom. The van der Waals surface area contributed by atoms with Gasteiger partial charge < -0.3 is 9.73 Å². The molecule has 1 amide bonds. The highest BCUT2D eigenvalue weighted by atomic mass is 16.3. The van der Waals surface area contributed by atoms with E-state index in [0.29, 0.717) is 12.2 Å². The fraction of sp³-hybridized carbons (Fsp3) is 0.455. The lowest BCUT2D eigenvalue weighted by Gasteiger charge is -2.09. The first-order chi connectivity index (χ1) is 7.04. The Morgan fingerprint density at radius 3 is 2.60 bits per heavy atom. The summed E-state index contributed by atoms with van der Waals surface area (Å²) in [5.74, 6) is 0.571. The average Bonchev–Trinajstić information content (AvgIpc) is 2.63. The highest BCUT2D eigenvalue weighted by Gasteiger charge is 2.16. The maximum absolute atomic E-state index is 11.5. The maximum Gasteiger partial charge on any atom is 0.287 e. The molecule has 0 radical (unpaired) electrons. The van der Waals surface area contributed by atoms with Crippen molar-refractivity contribution in [3.8, 4) is 0 Å². The average molecular weight is 209 g/mol. The van der Waals surface area contributed by atoms with E-state index in [1.165, 1.54) is 0 Å². The van der Waals surface area contributed by atoms with Gasteiger partial charge in [0.05, 0.1) is 6.04 Å². The van der Waals surface area contributed by atoms with E-state index in [2.05, 4.69) is 5.32 Å². The third-order valence-electron chi connectivity index (χ3n) is 2.14. The molecule has 0 aliphatic heterocycles. The molecule has 0 spiro atoms. The third kappa shape index (κ3) is 2.94. The van der Waals surface area contributed by atoms with Crippen LogP contribution in [0.25, 0.3) is 0 Å². The molecule has 1 unspecified atom stereocenters. The molecule has 1 N–H and O–H groups in total. The maximum atomic E-state index is 11.5. The molecular weight excluding hydrogens is 194 g/mol. The van der Waals surface area contributed by atoms with Crippen molar-refractivity contribution >= 4 is 11.7 Å². The van der Waals surface area contributed by atoms with E-state index >= 15 is 0 Å². The number of carbonyl (C=O) groups excluding carboxylic acids is 2. The molecule has 0 aromatic carbocycles. The van der Waals surface area contributed by atoms with Crippen molar-refractivity contribution < 1.29 is 14.0 Å². The summed E-state index contributed by atoms with van der Waals surface area (Å²) < 4.78 is 5.14. The third-order valence-corrected chi connectivity index (χ3v) is 2.14. The van der Waals surface area contributed by atoms with Crippen LogP contribution in [0.15, 0.2) is 16.5 Å². The number of aryl methyl sites for hydroxylation is 1. The van der Waals surface area contributed by atoms with Crippen molar-refractivity contribution in [2.24, 2.45) is 0 Å². The van der Waals surface area contributed by atoms with E-state index in [1.54, 1.807) is 32.9 Å². The van der Waals surface area contributed by atoms with E-state index in [1.807, 2.05) is 0 Å². The Hall–Kier alpha value is -1.58. The molecule has 0 aliphatic rings. The quantitative estimate of drug-likeness (QED) is 0.820. The normalized spacial score (nSPS) is 12.2. The summed E-state index contributed by atoms with van der Waals surface area (Å²) in [4.78, 5) is 22.8. The summed E-state index contributed by atoms with van der Waals surface area (Å²) in [6, 6.07) is 2.84. The van der Waals surface area contributed by atoms with Gasteiger partial charge in [0.25, 0.3) is 5.91 Å². The number of Topliss-reactive ketones (excluding diaryl/α,β-unsaturated/α-hetero) is 1. The topological polar surface area (TPSA) is 59.3 Å². The SMILES string of the molecule is CCC(=O)C(C)NC(=O)c1ccc(C)o1. The zero-order chi connectivity index (χ0) is 11.4. The lowest BCUT2D eigenvalue weighted by molar-refractivity contribution is -0.120. The van der Waals surface area contributed by atoms with Crippen molar-refractivity contribution in [1.29, 1.82) is 0 Å². The van der Waals surface area contributed by atoms with Crippen LogP contribution >= 0.6 is 0 Å². The standard InChI is InChI=1S/C11H15NO3/c1-4-9(13)8(3)12-11(14)10-6-5-7(2)15-10/h5-6,8H,4H2,1-3H3,(H,12,14). The summed E-state index contributed by atoms with van der Waals surface area (Å²) >= 11 is 0. The Morgan fingerprint density at radius 1 is 1.47 bits per heavy atom. The lowest BCUT2D eigenvalue weighted by atomic mass is 10.1. The van der Waals surface area contributed by atoms with E-state index in [9.17, 15) is 9.59 Å². The molecule has 0 saturated carbocycles. The van der Waals surface area contributed by atoms with Crippen molar-refractivity contribution in [3.63, 3.8) is 0 Å². The van der Waals surface area contributed by atoms with Gasteiger partial charge in [0, 0.05) is 6.42 Å². The first kappa shape index (κ1) is 11.5. The molecule has 82 valence electrons. The highest BCUT2D eigenvalue weighted by molar-refractivity contribution is 5.95. The zero-order valence-electron chi connectivity index (χ0n) is 9.16. The van der Waals surface area contributed by atoms with Gasteiger partial charge in [0.2, 0.25) is 0 Å². The number of amides is 1. The van der Waals surface area contributed by atoms with Gasteiger partial charge in [-0.05, 0) is 26.0 Å². The second-order valence-corrected chi connectivity index (χ2v) is 3.43. The minimum Gasteiger partial charge on any atom is -0.456 e. The van der Waals surface area contributed by atoms with Crippen LogP contribution in [0.3, 0.4) is 0 Å². The molecule has 1 atom stereocenters. The molecule has 4 heteroatoms. The summed E-state index contributed by atoms with van der Waals surface area (Å²) in [6.45, 7) is 5.19. The minimum absolute atomic E-state index is 0.00614. The zero-order valence-corrected chi connectivity index (χ0v) is 9.16. The van der Waals surface area contributed by atoms with E-state index in [0.717, 1.165) is 0 Å². The van der Waals surface area contributed by atoms with Crippen molar-refractivity contribution in [1.82, 2.24) is 5.32 Å². The molecule has 0 fully saturated rings. The second-order valence-electron chi connectivity index (χ2n) is 3.43. The van der Waals surface area contributed by atoms with Gasteiger partial charge in [-0.1, -0.05) is 6.92 Å². The Balaban J connectivity index is 2.60. The number of ketones is 1. The Kier molecular flexibility index (Phi) is 3.66. The highest BCUT2D eigenvalue weighted by Crippen LogP contribution is 2.06. The first-order valence-electron chi connectivity index (χ1n) is 4.94. The fourth-order valence-corrected chi connectivity index (χ4v) is 1.21. The van der Waals surface area contributed by atoms with Crippen LogP contribution in [0, 0.1) is 6.92 Å². The molecule has 1 rings (SSSR count). The van der Waals surface area contributed by atoms with Gasteiger partial charge in [-0.2, -0.15) is 0 Å². The minimum atomic E-state index is -0.465. The van der Waals surface area contributed by atoms with Crippen LogP contribution in [-0.4, -0.2) is 17.7 Å². The predicted molar refractivity (Wildman–Crippen MR) is 55.7 cm³/mol. The van der Waals surface area contributed by atoms with Crippen molar-refractivity contribution in [3.05, 3.63) is 23.7 Å². The molecule has 1 heterocycles. The van der Waals surface area contributed by atoms with Crippen LogP contribution in [-0.2, 0) is 4.79 Å². The fourth-order valence-electron chi connectivity index (χ4n) is 1.21. The largest absolute Gasteiger partial charge is 0.456 e. The molecule has 0 saturated heterocycles. The van der Waals surface area contributed by atoms with Gasteiger partial charge in [-0.25, -0.2) is 0 Å². The molecule has 0 bridgehead atoms. The van der Waals surface area contributed by atoms with Gasteiger partial charge in [-0.15, -0.1) is 0 Å². The molecule has 4 nitrogen and oxygen atoms in total. The van der Waals surface area contributed by atoms with Gasteiger partial charge >= 0.3 is 0 Å². The van der Waals surface area contributed by atoms with Gasteiger partial charge in [0.15, 0.2) is 11.5 Å². The van der Waals surface area contributed by atoms with Crippen LogP contribution in [0.1, 0.15) is 36.6 Å². The molecule has 15 heavy (non-hydrogen) atoms. The number of hydrogen-bond acceptors (Lipinski definition) is 3. The van der Waals surface area contributed by atoms with Crippen LogP contribution < -0.4 is 5.32 Å². The van der Waals surface area contributed by atoms with Gasteiger partial charge in [0.1, 0.15) is 5.76 Å². The van der Waals surface area contributed by atoms with Crippen molar-refractivity contribution in [2.75, 3.05) is 0 Å². The number of furan rings is 1. The number of carbonyl (C=O) groups is 2. The Bertz CT molecular complexity index is 368. The molecular formula is C11H15NO3.